The van der Waals surface area contributed by atoms with E-state index in [-0.39, 0.29) is 30.4 Å². The molecule has 0 spiro atoms. The summed E-state index contributed by atoms with van der Waals surface area (Å²) in [6.45, 7) is 1.37. The van der Waals surface area contributed by atoms with Crippen LogP contribution in [0.4, 0.5) is 35.9 Å². The topological polar surface area (TPSA) is 123 Å². The molecular weight excluding hydrogens is 531 g/mol. The summed E-state index contributed by atoms with van der Waals surface area (Å²) in [7, 11) is 1.51. The molecule has 0 bridgehead atoms. The highest BCUT2D eigenvalue weighted by Crippen LogP contribution is 2.47. The van der Waals surface area contributed by atoms with E-state index < -0.39 is 35.9 Å². The van der Waals surface area contributed by atoms with Crippen molar-refractivity contribution in [1.82, 2.24) is 0 Å². The lowest BCUT2D eigenvalue weighted by molar-refractivity contribution is -0.171. The first-order chi connectivity index (χ1) is 19.0. The lowest BCUT2D eigenvalue weighted by Gasteiger charge is -2.29. The Labute approximate surface area is 227 Å². The Morgan fingerprint density at radius 2 is 1.85 bits per heavy atom. The number of hydrogen-bond acceptors (Lipinski definition) is 7. The Kier molecular flexibility index (Phi) is 6.86. The number of para-hydroxylation sites is 1. The zero-order chi connectivity index (χ0) is 28.8. The summed E-state index contributed by atoms with van der Waals surface area (Å²) in [5, 5.41) is 12.5. The number of fused-ring (bicyclic) bond motifs is 2. The number of benzene rings is 3. The van der Waals surface area contributed by atoms with Crippen molar-refractivity contribution in [1.29, 1.82) is 0 Å². The van der Waals surface area contributed by atoms with Crippen molar-refractivity contribution in [3.8, 4) is 17.2 Å². The summed E-state index contributed by atoms with van der Waals surface area (Å²) < 4.78 is 58.3. The fraction of sp³-hybridized carbons (Fsp3) is 0.286. The van der Waals surface area contributed by atoms with Crippen molar-refractivity contribution in [2.24, 2.45) is 5.92 Å². The number of carbonyl (C=O) groups excluding carboxylic acids is 1. The summed E-state index contributed by atoms with van der Waals surface area (Å²) in [5.41, 5.74) is 8.32. The van der Waals surface area contributed by atoms with Crippen LogP contribution in [-0.2, 0) is 9.59 Å². The molecule has 0 radical (unpaired) electrons. The summed E-state index contributed by atoms with van der Waals surface area (Å²) >= 11 is 0. The van der Waals surface area contributed by atoms with E-state index in [1.54, 1.807) is 36.4 Å². The molecule has 0 saturated heterocycles. The van der Waals surface area contributed by atoms with Crippen LogP contribution in [0.1, 0.15) is 30.0 Å². The molecule has 2 aliphatic heterocycles. The Morgan fingerprint density at radius 1 is 1.07 bits per heavy atom. The van der Waals surface area contributed by atoms with Crippen molar-refractivity contribution >= 4 is 34.6 Å². The molecule has 5 rings (SSSR count). The number of methoxy groups -OCH3 is 1. The van der Waals surface area contributed by atoms with E-state index >= 15 is 0 Å². The van der Waals surface area contributed by atoms with Crippen LogP contribution in [0.3, 0.4) is 0 Å². The van der Waals surface area contributed by atoms with Gasteiger partial charge in [-0.05, 0) is 24.3 Å². The first-order valence-corrected chi connectivity index (χ1v) is 12.4. The number of carbonyl (C=O) groups is 2. The third-order valence-corrected chi connectivity index (χ3v) is 7.18. The molecule has 0 aliphatic carbocycles. The maximum Gasteiger partial charge on any atom is 0.471 e. The second-order valence-corrected chi connectivity index (χ2v) is 9.57. The van der Waals surface area contributed by atoms with Crippen LogP contribution in [0, 0.1) is 5.92 Å². The number of hydrogen-bond donors (Lipinski definition) is 3. The molecule has 3 atom stereocenters. The van der Waals surface area contributed by atoms with Crippen molar-refractivity contribution in [3.05, 3.63) is 65.7 Å². The number of nitrogen functional groups attached to an aromatic ring is 1. The predicted molar refractivity (Wildman–Crippen MR) is 140 cm³/mol. The molecule has 3 aromatic rings. The van der Waals surface area contributed by atoms with Gasteiger partial charge in [0.05, 0.1) is 42.7 Å². The van der Waals surface area contributed by atoms with Gasteiger partial charge in [0.1, 0.15) is 23.9 Å². The van der Waals surface area contributed by atoms with Crippen molar-refractivity contribution in [2.45, 2.75) is 25.1 Å². The number of rotatable bonds is 7. The minimum absolute atomic E-state index is 0.0541. The number of amides is 1. The van der Waals surface area contributed by atoms with Crippen LogP contribution in [0.2, 0.25) is 0 Å². The molecule has 3 aromatic carbocycles. The minimum atomic E-state index is -5.17. The smallest absolute Gasteiger partial charge is 0.471 e. The second kappa shape index (κ2) is 10.2. The van der Waals surface area contributed by atoms with Gasteiger partial charge in [0, 0.05) is 34.9 Å². The molecule has 12 heteroatoms. The monoisotopic (exact) mass is 557 g/mol. The van der Waals surface area contributed by atoms with Gasteiger partial charge in [0.25, 0.3) is 0 Å². The molecule has 4 N–H and O–H groups in total. The van der Waals surface area contributed by atoms with Crippen LogP contribution in [0.5, 0.6) is 17.2 Å². The zero-order valence-electron chi connectivity index (χ0n) is 21.5. The third kappa shape index (κ3) is 4.80. The van der Waals surface area contributed by atoms with E-state index in [0.717, 1.165) is 0 Å². The highest BCUT2D eigenvalue weighted by Gasteiger charge is 2.48. The third-order valence-electron chi connectivity index (χ3n) is 7.18. The van der Waals surface area contributed by atoms with Gasteiger partial charge in [0.15, 0.2) is 0 Å². The zero-order valence-corrected chi connectivity index (χ0v) is 21.5. The minimum Gasteiger partial charge on any atom is -0.497 e. The van der Waals surface area contributed by atoms with Gasteiger partial charge < -0.3 is 30.4 Å². The number of carboxylic acid groups (broad SMARTS) is 1. The molecule has 1 amide bonds. The molecule has 0 saturated carbocycles. The number of nitrogens with zero attached hydrogens (tertiary/aromatic N) is 1. The van der Waals surface area contributed by atoms with Gasteiger partial charge >= 0.3 is 18.1 Å². The number of aliphatic carboxylic acids is 1. The maximum absolute atomic E-state index is 13.9. The first kappa shape index (κ1) is 27.0. The molecule has 2 heterocycles. The fourth-order valence-corrected chi connectivity index (χ4v) is 4.99. The van der Waals surface area contributed by atoms with Crippen molar-refractivity contribution in [2.75, 3.05) is 36.3 Å². The standard InChI is InChI=1S/C28H26F3N3O6/c1-14(26(35)36)19-12-39-24-10-15(6-8-17(19)24)34(27(37)28(29,30)31)23-13-40-25-18(23)4-3-5-21(25)33-22-11-16(38-2)7-9-20(22)32/h3-11,14,19,23,33H,12-13,32H2,1-2H3,(H,35,36)/t14?,19-,23+/m0/s1. The SMILES string of the molecule is COc1ccc(N)c(Nc2cccc3c2OC[C@H]3N(C(=O)C(F)(F)F)c2ccc3c(c2)OC[C@H]3C(C)C(=O)O)c1. The van der Waals surface area contributed by atoms with Gasteiger partial charge in [-0.15, -0.1) is 0 Å². The van der Waals surface area contributed by atoms with E-state index in [4.69, 9.17) is 19.9 Å². The number of halogens is 3. The van der Waals surface area contributed by atoms with Crippen molar-refractivity contribution in [3.63, 3.8) is 0 Å². The molecule has 1 unspecified atom stereocenters. The second-order valence-electron chi connectivity index (χ2n) is 9.57. The molecule has 9 nitrogen and oxygen atoms in total. The van der Waals surface area contributed by atoms with Crippen LogP contribution >= 0.6 is 0 Å². The quantitative estimate of drug-likeness (QED) is 0.337. The van der Waals surface area contributed by atoms with Gasteiger partial charge in [0.2, 0.25) is 0 Å². The van der Waals surface area contributed by atoms with Crippen LogP contribution in [0.25, 0.3) is 0 Å². The van der Waals surface area contributed by atoms with Crippen LogP contribution in [0.15, 0.2) is 54.6 Å². The number of carboxylic acids is 1. The summed E-state index contributed by atoms with van der Waals surface area (Å²) in [4.78, 5) is 24.9. The van der Waals surface area contributed by atoms with Crippen molar-refractivity contribution < 1.29 is 42.1 Å². The highest BCUT2D eigenvalue weighted by molar-refractivity contribution is 5.99. The van der Waals surface area contributed by atoms with E-state index in [1.807, 2.05) is 0 Å². The Morgan fingerprint density at radius 3 is 2.55 bits per heavy atom. The maximum atomic E-state index is 13.9. The molecule has 0 fully saturated rings. The highest BCUT2D eigenvalue weighted by atomic mass is 19.4. The van der Waals surface area contributed by atoms with E-state index in [0.29, 0.717) is 38.8 Å². The predicted octanol–water partition coefficient (Wildman–Crippen LogP) is 5.25. The number of alkyl halides is 3. The molecular formula is C28H26F3N3O6. The van der Waals surface area contributed by atoms with Gasteiger partial charge in [-0.3, -0.25) is 14.5 Å². The van der Waals surface area contributed by atoms with Crippen LogP contribution < -0.4 is 30.2 Å². The van der Waals surface area contributed by atoms with Gasteiger partial charge in [-0.1, -0.05) is 25.1 Å². The molecule has 2 aliphatic rings. The first-order valence-electron chi connectivity index (χ1n) is 12.4. The van der Waals surface area contributed by atoms with Gasteiger partial charge in [-0.2, -0.15) is 13.2 Å². The Hall–Kier alpha value is -4.61. The lowest BCUT2D eigenvalue weighted by atomic mass is 9.89. The average molecular weight is 558 g/mol. The van der Waals surface area contributed by atoms with Crippen LogP contribution in [-0.4, -0.2) is 43.5 Å². The summed E-state index contributed by atoms with van der Waals surface area (Å²) in [5.74, 6) is -3.26. The molecule has 210 valence electrons. The molecule has 40 heavy (non-hydrogen) atoms. The van der Waals surface area contributed by atoms with E-state index in [9.17, 15) is 27.9 Å². The largest absolute Gasteiger partial charge is 0.497 e. The van der Waals surface area contributed by atoms with Gasteiger partial charge in [-0.25, -0.2) is 0 Å². The normalized spacial score (nSPS) is 18.1. The summed E-state index contributed by atoms with van der Waals surface area (Å²) in [6, 6.07) is 13.0. The fourth-order valence-electron chi connectivity index (χ4n) is 4.99. The number of nitrogens with one attached hydrogen (secondary N) is 1. The summed E-state index contributed by atoms with van der Waals surface area (Å²) in [6.07, 6.45) is -5.17. The Balaban J connectivity index is 1.52. The molecule has 0 aromatic heterocycles. The van der Waals surface area contributed by atoms with E-state index in [2.05, 4.69) is 5.32 Å². The lowest BCUT2D eigenvalue weighted by Crippen LogP contribution is -2.44. The average Bonchev–Trinajstić information content (AvgIpc) is 3.54. The number of anilines is 4. The number of ether oxygens (including phenoxy) is 3. The van der Waals surface area contributed by atoms with E-state index in [1.165, 1.54) is 32.2 Å². The Bertz CT molecular complexity index is 1480. The number of nitrogens with two attached hydrogens (primary N) is 1.